The number of aliphatic hydroxyl groups excluding tert-OH is 1. The summed E-state index contributed by atoms with van der Waals surface area (Å²) in [6.45, 7) is 9.20. The second kappa shape index (κ2) is 8.64. The number of nitrogens with zero attached hydrogens (tertiary/aromatic N) is 2. The average molecular weight is 381 g/mol. The minimum Gasteiger partial charge on any atom is -0.494 e. The molecule has 0 radical (unpaired) electrons. The quantitative estimate of drug-likeness (QED) is 0.799. The summed E-state index contributed by atoms with van der Waals surface area (Å²) in [5, 5.41) is 10.2. The molecule has 150 valence electrons. The predicted molar refractivity (Wildman–Crippen MR) is 112 cm³/mol. The number of fused-ring (bicyclic) bond motifs is 1. The molecule has 0 bridgehead atoms. The Kier molecular flexibility index (Phi) is 6.00. The molecule has 4 nitrogen and oxygen atoms in total. The predicted octanol–water partition coefficient (Wildman–Crippen LogP) is 3.40. The maximum Gasteiger partial charge on any atom is 0.119 e. The van der Waals surface area contributed by atoms with Crippen LogP contribution in [0.25, 0.3) is 0 Å². The maximum absolute atomic E-state index is 10.2. The smallest absolute Gasteiger partial charge is 0.119 e. The normalized spacial score (nSPS) is 25.6. The lowest BCUT2D eigenvalue weighted by Crippen LogP contribution is -2.48. The zero-order valence-corrected chi connectivity index (χ0v) is 16.9. The molecule has 28 heavy (non-hydrogen) atoms. The third kappa shape index (κ3) is 4.24. The van der Waals surface area contributed by atoms with Crippen LogP contribution in [-0.4, -0.2) is 54.3 Å². The zero-order chi connectivity index (χ0) is 19.4. The molecule has 0 amide bonds. The Balaban J connectivity index is 1.38. The summed E-state index contributed by atoms with van der Waals surface area (Å²) in [5.41, 5.74) is 2.77. The monoisotopic (exact) mass is 380 g/mol. The number of aliphatic hydroxyl groups is 1. The van der Waals surface area contributed by atoms with Gasteiger partial charge in [0.2, 0.25) is 0 Å². The van der Waals surface area contributed by atoms with E-state index in [1.165, 1.54) is 11.1 Å². The van der Waals surface area contributed by atoms with E-state index in [2.05, 4.69) is 64.4 Å². The number of rotatable bonds is 7. The van der Waals surface area contributed by atoms with Crippen LogP contribution in [0.15, 0.2) is 54.6 Å². The fraction of sp³-hybridized carbons (Fsp3) is 0.500. The van der Waals surface area contributed by atoms with E-state index in [0.29, 0.717) is 19.1 Å². The summed E-state index contributed by atoms with van der Waals surface area (Å²) in [6, 6.07) is 19.2. The Morgan fingerprint density at radius 1 is 0.964 bits per heavy atom. The third-order valence-electron chi connectivity index (χ3n) is 6.49. The van der Waals surface area contributed by atoms with Crippen molar-refractivity contribution in [3.05, 3.63) is 65.7 Å². The van der Waals surface area contributed by atoms with Crippen LogP contribution < -0.4 is 4.74 Å². The molecule has 0 aliphatic carbocycles. The standard InChI is InChI=1S/C24H32N2O2/c1-2-28-23-10-8-21(9-11-23)14-25-13-12-24(19-27)18-26(17-22(24)16-25)15-20-6-4-3-5-7-20/h3-11,22,27H,2,12-19H2,1H3/t22-,24+/m0/s1. The van der Waals surface area contributed by atoms with Crippen LogP contribution >= 0.6 is 0 Å². The van der Waals surface area contributed by atoms with E-state index in [0.717, 1.165) is 51.4 Å². The van der Waals surface area contributed by atoms with Gasteiger partial charge in [0.25, 0.3) is 0 Å². The summed E-state index contributed by atoms with van der Waals surface area (Å²) in [6.07, 6.45) is 1.08. The van der Waals surface area contributed by atoms with Crippen molar-refractivity contribution in [3.63, 3.8) is 0 Å². The van der Waals surface area contributed by atoms with Gasteiger partial charge in [-0.3, -0.25) is 9.80 Å². The maximum atomic E-state index is 10.2. The fourth-order valence-electron chi connectivity index (χ4n) is 4.94. The highest BCUT2D eigenvalue weighted by atomic mass is 16.5. The van der Waals surface area contributed by atoms with E-state index < -0.39 is 0 Å². The van der Waals surface area contributed by atoms with Crippen LogP contribution in [0.2, 0.25) is 0 Å². The molecule has 4 rings (SSSR count). The molecule has 2 aromatic rings. The lowest BCUT2D eigenvalue weighted by atomic mass is 9.73. The van der Waals surface area contributed by atoms with Gasteiger partial charge in [-0.1, -0.05) is 42.5 Å². The molecule has 0 aromatic heterocycles. The van der Waals surface area contributed by atoms with Gasteiger partial charge in [-0.2, -0.15) is 0 Å². The van der Waals surface area contributed by atoms with Crippen molar-refractivity contribution in [1.29, 1.82) is 0 Å². The first-order chi connectivity index (χ1) is 13.7. The van der Waals surface area contributed by atoms with E-state index >= 15 is 0 Å². The lowest BCUT2D eigenvalue weighted by molar-refractivity contribution is 0.0160. The summed E-state index contributed by atoms with van der Waals surface area (Å²) in [7, 11) is 0. The van der Waals surface area contributed by atoms with Gasteiger partial charge in [0, 0.05) is 38.1 Å². The van der Waals surface area contributed by atoms with Crippen molar-refractivity contribution in [2.24, 2.45) is 11.3 Å². The molecule has 0 unspecified atom stereocenters. The van der Waals surface area contributed by atoms with Crippen LogP contribution in [0.1, 0.15) is 24.5 Å². The first-order valence-corrected chi connectivity index (χ1v) is 10.5. The van der Waals surface area contributed by atoms with Crippen molar-refractivity contribution < 1.29 is 9.84 Å². The number of piperidine rings is 1. The molecule has 2 aliphatic heterocycles. The molecular weight excluding hydrogens is 348 g/mol. The van der Waals surface area contributed by atoms with Crippen LogP contribution in [0.4, 0.5) is 0 Å². The summed E-state index contributed by atoms with van der Waals surface area (Å²) in [5.74, 6) is 1.48. The van der Waals surface area contributed by atoms with Gasteiger partial charge in [0.1, 0.15) is 5.75 Å². The largest absolute Gasteiger partial charge is 0.494 e. The highest BCUT2D eigenvalue weighted by Crippen LogP contribution is 2.43. The number of ether oxygens (including phenoxy) is 1. The van der Waals surface area contributed by atoms with Crippen LogP contribution in [0.5, 0.6) is 5.75 Å². The van der Waals surface area contributed by atoms with E-state index in [1.54, 1.807) is 0 Å². The van der Waals surface area contributed by atoms with Crippen LogP contribution in [0.3, 0.4) is 0 Å². The molecular formula is C24H32N2O2. The summed E-state index contributed by atoms with van der Waals surface area (Å²) in [4.78, 5) is 5.09. The van der Waals surface area contributed by atoms with E-state index in [-0.39, 0.29) is 5.41 Å². The van der Waals surface area contributed by atoms with Crippen LogP contribution in [-0.2, 0) is 13.1 Å². The van der Waals surface area contributed by atoms with Crippen molar-refractivity contribution in [1.82, 2.24) is 9.80 Å². The Labute approximate surface area is 168 Å². The van der Waals surface area contributed by atoms with Gasteiger partial charge in [0.05, 0.1) is 13.2 Å². The van der Waals surface area contributed by atoms with Gasteiger partial charge >= 0.3 is 0 Å². The Morgan fingerprint density at radius 2 is 1.64 bits per heavy atom. The van der Waals surface area contributed by atoms with Gasteiger partial charge in [-0.15, -0.1) is 0 Å². The molecule has 2 atom stereocenters. The molecule has 2 aromatic carbocycles. The van der Waals surface area contributed by atoms with Crippen molar-refractivity contribution in [2.45, 2.75) is 26.4 Å². The number of hydrogen-bond acceptors (Lipinski definition) is 4. The van der Waals surface area contributed by atoms with E-state index in [1.807, 2.05) is 6.92 Å². The van der Waals surface area contributed by atoms with E-state index in [9.17, 15) is 5.11 Å². The zero-order valence-electron chi connectivity index (χ0n) is 16.9. The Hall–Kier alpha value is -1.88. The van der Waals surface area contributed by atoms with E-state index in [4.69, 9.17) is 4.74 Å². The molecule has 2 heterocycles. The fourth-order valence-corrected chi connectivity index (χ4v) is 4.94. The van der Waals surface area contributed by atoms with Gasteiger partial charge in [-0.05, 0) is 49.1 Å². The lowest BCUT2D eigenvalue weighted by Gasteiger charge is -2.42. The average Bonchev–Trinajstić information content (AvgIpc) is 3.08. The minimum atomic E-state index is 0.0735. The summed E-state index contributed by atoms with van der Waals surface area (Å²) >= 11 is 0. The molecule has 4 heteroatoms. The van der Waals surface area contributed by atoms with Crippen molar-refractivity contribution in [2.75, 3.05) is 39.4 Å². The van der Waals surface area contributed by atoms with Gasteiger partial charge < -0.3 is 9.84 Å². The second-order valence-corrected chi connectivity index (χ2v) is 8.43. The molecule has 0 spiro atoms. The molecule has 0 saturated carbocycles. The minimum absolute atomic E-state index is 0.0735. The first-order valence-electron chi connectivity index (χ1n) is 10.5. The van der Waals surface area contributed by atoms with Crippen molar-refractivity contribution in [3.8, 4) is 5.75 Å². The number of hydrogen-bond donors (Lipinski definition) is 1. The summed E-state index contributed by atoms with van der Waals surface area (Å²) < 4.78 is 5.55. The SMILES string of the molecule is CCOc1ccc(CN2CC[C@]3(CO)CN(Cc4ccccc4)C[C@@H]3C2)cc1. The Bertz CT molecular complexity index is 749. The second-order valence-electron chi connectivity index (χ2n) is 8.43. The topological polar surface area (TPSA) is 35.9 Å². The number of benzene rings is 2. The highest BCUT2D eigenvalue weighted by Gasteiger charge is 2.48. The van der Waals surface area contributed by atoms with Crippen LogP contribution in [0, 0.1) is 11.3 Å². The molecule has 1 N–H and O–H groups in total. The molecule has 2 aliphatic rings. The molecule has 2 saturated heterocycles. The van der Waals surface area contributed by atoms with Gasteiger partial charge in [-0.25, -0.2) is 0 Å². The third-order valence-corrected chi connectivity index (χ3v) is 6.49. The highest BCUT2D eigenvalue weighted by molar-refractivity contribution is 5.27. The van der Waals surface area contributed by atoms with Crippen molar-refractivity contribution >= 4 is 0 Å². The first kappa shape index (κ1) is 19.4. The molecule has 2 fully saturated rings. The van der Waals surface area contributed by atoms with Gasteiger partial charge in [0.15, 0.2) is 0 Å². The Morgan fingerprint density at radius 3 is 2.36 bits per heavy atom. The number of likely N-dealkylation sites (tertiary alicyclic amines) is 2.